The zero-order chi connectivity index (χ0) is 19.8. The van der Waals surface area contributed by atoms with Crippen LogP contribution in [-0.2, 0) is 17.8 Å². The van der Waals surface area contributed by atoms with Crippen LogP contribution in [0.2, 0.25) is 0 Å². The van der Waals surface area contributed by atoms with Crippen molar-refractivity contribution in [2.24, 2.45) is 0 Å². The molecule has 5 nitrogen and oxygen atoms in total. The van der Waals surface area contributed by atoms with Crippen LogP contribution in [0.3, 0.4) is 0 Å². The summed E-state index contributed by atoms with van der Waals surface area (Å²) in [7, 11) is 0. The van der Waals surface area contributed by atoms with E-state index in [0.717, 1.165) is 11.1 Å². The van der Waals surface area contributed by atoms with E-state index in [2.05, 4.69) is 5.32 Å². The standard InChI is InChI=1S/C23H21NO4/c25-22(19-9-5-2-6-10-19)24-21(23(26)27)15-17-11-13-20(14-12-17)28-16-18-7-3-1-4-8-18/h1-14,21H,15-16H2,(H,24,25)(H,26,27)/t21-/m1/s1. The van der Waals surface area contributed by atoms with Gasteiger partial charge in [-0.05, 0) is 35.4 Å². The summed E-state index contributed by atoms with van der Waals surface area (Å²) in [5, 5.41) is 12.0. The van der Waals surface area contributed by atoms with Crippen LogP contribution in [0.15, 0.2) is 84.9 Å². The molecule has 1 atom stereocenters. The smallest absolute Gasteiger partial charge is 0.326 e. The number of aliphatic carboxylic acids is 1. The summed E-state index contributed by atoms with van der Waals surface area (Å²) < 4.78 is 5.74. The Morgan fingerprint density at radius 3 is 2.04 bits per heavy atom. The molecule has 0 heterocycles. The number of hydrogen-bond acceptors (Lipinski definition) is 3. The number of carboxylic acids is 1. The highest BCUT2D eigenvalue weighted by molar-refractivity contribution is 5.96. The Labute approximate surface area is 163 Å². The highest BCUT2D eigenvalue weighted by atomic mass is 16.5. The molecule has 28 heavy (non-hydrogen) atoms. The second-order valence-corrected chi connectivity index (χ2v) is 6.35. The maximum Gasteiger partial charge on any atom is 0.326 e. The van der Waals surface area contributed by atoms with Gasteiger partial charge in [0.15, 0.2) is 0 Å². The van der Waals surface area contributed by atoms with Crippen molar-refractivity contribution >= 4 is 11.9 Å². The van der Waals surface area contributed by atoms with E-state index in [-0.39, 0.29) is 6.42 Å². The quantitative estimate of drug-likeness (QED) is 0.630. The molecule has 142 valence electrons. The molecule has 0 aliphatic rings. The summed E-state index contributed by atoms with van der Waals surface area (Å²) in [6.07, 6.45) is 0.187. The summed E-state index contributed by atoms with van der Waals surface area (Å²) in [5.74, 6) is -0.780. The van der Waals surface area contributed by atoms with Crippen LogP contribution in [0.25, 0.3) is 0 Å². The molecular formula is C23H21NO4. The Kier molecular flexibility index (Phi) is 6.41. The Morgan fingerprint density at radius 2 is 1.43 bits per heavy atom. The third-order valence-corrected chi connectivity index (χ3v) is 4.25. The Bertz CT molecular complexity index is 908. The number of nitrogens with one attached hydrogen (secondary N) is 1. The molecule has 3 aromatic carbocycles. The lowest BCUT2D eigenvalue weighted by Gasteiger charge is -2.15. The topological polar surface area (TPSA) is 75.6 Å². The molecule has 0 fully saturated rings. The van der Waals surface area contributed by atoms with E-state index in [0.29, 0.717) is 17.9 Å². The van der Waals surface area contributed by atoms with Crippen LogP contribution in [-0.4, -0.2) is 23.0 Å². The summed E-state index contributed by atoms with van der Waals surface area (Å²) in [6, 6.07) is 24.6. The van der Waals surface area contributed by atoms with Crippen LogP contribution in [0.4, 0.5) is 0 Å². The fraction of sp³-hybridized carbons (Fsp3) is 0.130. The fourth-order valence-electron chi connectivity index (χ4n) is 2.73. The zero-order valence-corrected chi connectivity index (χ0v) is 15.2. The minimum Gasteiger partial charge on any atom is -0.489 e. The summed E-state index contributed by atoms with van der Waals surface area (Å²) >= 11 is 0. The fourth-order valence-corrected chi connectivity index (χ4v) is 2.73. The normalized spacial score (nSPS) is 11.4. The SMILES string of the molecule is O=C(N[C@H](Cc1ccc(OCc2ccccc2)cc1)C(=O)O)c1ccccc1. The van der Waals surface area contributed by atoms with Gasteiger partial charge < -0.3 is 15.2 Å². The molecule has 2 N–H and O–H groups in total. The predicted octanol–water partition coefficient (Wildman–Crippen LogP) is 3.69. The van der Waals surface area contributed by atoms with E-state index in [4.69, 9.17) is 4.74 Å². The third-order valence-electron chi connectivity index (χ3n) is 4.25. The largest absolute Gasteiger partial charge is 0.489 e. The molecule has 0 saturated carbocycles. The molecular weight excluding hydrogens is 354 g/mol. The van der Waals surface area contributed by atoms with E-state index >= 15 is 0 Å². The Balaban J connectivity index is 1.59. The minimum absolute atomic E-state index is 0.187. The van der Waals surface area contributed by atoms with Gasteiger partial charge in [0.1, 0.15) is 18.4 Å². The van der Waals surface area contributed by atoms with Gasteiger partial charge in [0.25, 0.3) is 5.91 Å². The maximum absolute atomic E-state index is 12.2. The van der Waals surface area contributed by atoms with Gasteiger partial charge in [-0.3, -0.25) is 4.79 Å². The Morgan fingerprint density at radius 1 is 0.821 bits per heavy atom. The van der Waals surface area contributed by atoms with Gasteiger partial charge in [0, 0.05) is 12.0 Å². The molecule has 5 heteroatoms. The molecule has 0 spiro atoms. The van der Waals surface area contributed by atoms with Crippen molar-refractivity contribution in [1.82, 2.24) is 5.32 Å². The predicted molar refractivity (Wildman–Crippen MR) is 106 cm³/mol. The van der Waals surface area contributed by atoms with Gasteiger partial charge in [0.05, 0.1) is 0 Å². The molecule has 0 aromatic heterocycles. The van der Waals surface area contributed by atoms with Crippen LogP contribution in [0.1, 0.15) is 21.5 Å². The average molecular weight is 375 g/mol. The summed E-state index contributed by atoms with van der Waals surface area (Å²) in [6.45, 7) is 0.463. The number of hydrogen-bond donors (Lipinski definition) is 2. The molecule has 0 radical (unpaired) electrons. The number of rotatable bonds is 8. The Hall–Kier alpha value is -3.60. The van der Waals surface area contributed by atoms with Crippen molar-refractivity contribution in [3.8, 4) is 5.75 Å². The number of ether oxygens (including phenoxy) is 1. The van der Waals surface area contributed by atoms with Crippen molar-refractivity contribution in [3.63, 3.8) is 0 Å². The molecule has 1 amide bonds. The molecule has 0 aliphatic carbocycles. The number of carbonyl (C=O) groups excluding carboxylic acids is 1. The second-order valence-electron chi connectivity index (χ2n) is 6.35. The van der Waals surface area contributed by atoms with E-state index in [9.17, 15) is 14.7 Å². The number of carbonyl (C=O) groups is 2. The molecule has 0 saturated heterocycles. The van der Waals surface area contributed by atoms with E-state index < -0.39 is 17.9 Å². The van der Waals surface area contributed by atoms with Crippen molar-refractivity contribution < 1.29 is 19.4 Å². The molecule has 0 aliphatic heterocycles. The lowest BCUT2D eigenvalue weighted by atomic mass is 10.1. The second kappa shape index (κ2) is 9.37. The lowest BCUT2D eigenvalue weighted by molar-refractivity contribution is -0.139. The van der Waals surface area contributed by atoms with Gasteiger partial charge in [0.2, 0.25) is 0 Å². The average Bonchev–Trinajstić information content (AvgIpc) is 2.74. The van der Waals surface area contributed by atoms with Crippen molar-refractivity contribution in [3.05, 3.63) is 102 Å². The van der Waals surface area contributed by atoms with Gasteiger partial charge in [-0.2, -0.15) is 0 Å². The van der Waals surface area contributed by atoms with Gasteiger partial charge in [-0.1, -0.05) is 60.7 Å². The van der Waals surface area contributed by atoms with Crippen molar-refractivity contribution in [2.75, 3.05) is 0 Å². The number of benzene rings is 3. The van der Waals surface area contributed by atoms with E-state index in [1.807, 2.05) is 42.5 Å². The van der Waals surface area contributed by atoms with Gasteiger partial charge >= 0.3 is 5.97 Å². The first-order chi connectivity index (χ1) is 13.6. The van der Waals surface area contributed by atoms with Gasteiger partial charge in [-0.15, -0.1) is 0 Å². The molecule has 0 bridgehead atoms. The lowest BCUT2D eigenvalue weighted by Crippen LogP contribution is -2.42. The molecule has 0 unspecified atom stereocenters. The maximum atomic E-state index is 12.2. The first-order valence-electron chi connectivity index (χ1n) is 8.96. The molecule has 3 aromatic rings. The van der Waals surface area contributed by atoms with Crippen LogP contribution in [0, 0.1) is 0 Å². The number of carboxylic acid groups (broad SMARTS) is 1. The highest BCUT2D eigenvalue weighted by Gasteiger charge is 2.21. The minimum atomic E-state index is -1.08. The third kappa shape index (κ3) is 5.45. The summed E-state index contributed by atoms with van der Waals surface area (Å²) in [4.78, 5) is 23.8. The van der Waals surface area contributed by atoms with Crippen LogP contribution >= 0.6 is 0 Å². The van der Waals surface area contributed by atoms with E-state index in [1.54, 1.807) is 42.5 Å². The highest BCUT2D eigenvalue weighted by Crippen LogP contribution is 2.15. The first-order valence-corrected chi connectivity index (χ1v) is 8.96. The van der Waals surface area contributed by atoms with Crippen LogP contribution in [0.5, 0.6) is 5.75 Å². The van der Waals surface area contributed by atoms with Crippen molar-refractivity contribution in [1.29, 1.82) is 0 Å². The summed E-state index contributed by atoms with van der Waals surface area (Å²) in [5.41, 5.74) is 2.30. The monoisotopic (exact) mass is 375 g/mol. The van der Waals surface area contributed by atoms with Crippen molar-refractivity contribution in [2.45, 2.75) is 19.1 Å². The van der Waals surface area contributed by atoms with Gasteiger partial charge in [-0.25, -0.2) is 4.79 Å². The number of amides is 1. The van der Waals surface area contributed by atoms with Crippen LogP contribution < -0.4 is 10.1 Å². The van der Waals surface area contributed by atoms with E-state index in [1.165, 1.54) is 0 Å². The first kappa shape index (κ1) is 19.2. The zero-order valence-electron chi connectivity index (χ0n) is 15.2. The molecule has 3 rings (SSSR count).